The summed E-state index contributed by atoms with van der Waals surface area (Å²) in [6, 6.07) is 12.6. The number of rotatable bonds is 8. The first-order chi connectivity index (χ1) is 12.3. The molecule has 0 saturated carbocycles. The molecule has 0 bridgehead atoms. The largest absolute Gasteiger partial charge is 0.493 e. The molecule has 26 heavy (non-hydrogen) atoms. The number of carbonyl (C=O) groups is 1. The van der Waals surface area contributed by atoms with Crippen LogP contribution in [0.5, 0.6) is 5.75 Å². The van der Waals surface area contributed by atoms with Gasteiger partial charge in [-0.1, -0.05) is 42.5 Å². The fourth-order valence-electron chi connectivity index (χ4n) is 2.63. The third kappa shape index (κ3) is 5.49. The number of aliphatic carboxylic acids is 1. The second-order valence-corrected chi connectivity index (χ2v) is 5.88. The van der Waals surface area contributed by atoms with E-state index in [1.807, 2.05) is 0 Å². The highest BCUT2D eigenvalue weighted by Crippen LogP contribution is 2.42. The molecule has 0 aliphatic rings. The molecule has 1 N–H and O–H groups in total. The molecule has 0 unspecified atom stereocenters. The van der Waals surface area contributed by atoms with E-state index in [0.29, 0.717) is 18.5 Å². The van der Waals surface area contributed by atoms with Gasteiger partial charge in [-0.3, -0.25) is 9.69 Å². The van der Waals surface area contributed by atoms with Gasteiger partial charge in [0.25, 0.3) is 0 Å². The average Bonchev–Trinajstić information content (AvgIpc) is 2.57. The zero-order valence-electron chi connectivity index (χ0n) is 14.3. The van der Waals surface area contributed by atoms with Crippen molar-refractivity contribution in [1.82, 2.24) is 4.90 Å². The van der Waals surface area contributed by atoms with Gasteiger partial charge in [0, 0.05) is 6.54 Å². The number of alkyl halides is 3. The first-order valence-corrected chi connectivity index (χ1v) is 8.08. The Morgan fingerprint density at radius 2 is 1.81 bits per heavy atom. The summed E-state index contributed by atoms with van der Waals surface area (Å²) in [4.78, 5) is 12.2. The summed E-state index contributed by atoms with van der Waals surface area (Å²) in [7, 11) is 1.63. The Morgan fingerprint density at radius 1 is 1.12 bits per heavy atom. The van der Waals surface area contributed by atoms with Crippen molar-refractivity contribution in [3.8, 4) is 16.9 Å². The molecule has 0 spiro atoms. The van der Waals surface area contributed by atoms with Gasteiger partial charge in [0.15, 0.2) is 0 Å². The molecule has 0 aliphatic carbocycles. The fourth-order valence-corrected chi connectivity index (χ4v) is 2.63. The van der Waals surface area contributed by atoms with Crippen LogP contribution in [-0.2, 0) is 11.0 Å². The third-order valence-electron chi connectivity index (χ3n) is 3.74. The normalized spacial score (nSPS) is 11.6. The lowest BCUT2D eigenvalue weighted by molar-refractivity contribution is -0.139. The predicted octanol–water partition coefficient (Wildman–Crippen LogP) is 4.16. The lowest BCUT2D eigenvalue weighted by Crippen LogP contribution is -2.27. The Hall–Kier alpha value is -2.54. The summed E-state index contributed by atoms with van der Waals surface area (Å²) in [6.45, 7) is 0.342. The summed E-state index contributed by atoms with van der Waals surface area (Å²) in [6.07, 6.45) is -4.14. The molecular formula is C19H20F3NO3. The van der Waals surface area contributed by atoms with E-state index in [2.05, 4.69) is 0 Å². The van der Waals surface area contributed by atoms with Gasteiger partial charge in [0.05, 0.1) is 13.2 Å². The maximum Gasteiger partial charge on any atom is 0.420 e. The highest BCUT2D eigenvalue weighted by molar-refractivity contribution is 5.71. The zero-order chi connectivity index (χ0) is 19.2. The summed E-state index contributed by atoms with van der Waals surface area (Å²) in [5.41, 5.74) is -0.268. The van der Waals surface area contributed by atoms with E-state index in [4.69, 9.17) is 9.84 Å². The van der Waals surface area contributed by atoms with Gasteiger partial charge >= 0.3 is 12.1 Å². The number of halogens is 3. The third-order valence-corrected chi connectivity index (χ3v) is 3.74. The topological polar surface area (TPSA) is 49.8 Å². The first-order valence-electron chi connectivity index (χ1n) is 8.08. The van der Waals surface area contributed by atoms with Crippen LogP contribution in [0.3, 0.4) is 0 Å². The monoisotopic (exact) mass is 367 g/mol. The molecule has 0 fully saturated rings. The molecule has 0 aromatic heterocycles. The van der Waals surface area contributed by atoms with Gasteiger partial charge in [0.1, 0.15) is 11.3 Å². The zero-order valence-corrected chi connectivity index (χ0v) is 14.3. The van der Waals surface area contributed by atoms with Crippen molar-refractivity contribution in [3.05, 3.63) is 54.1 Å². The van der Waals surface area contributed by atoms with E-state index in [9.17, 15) is 18.0 Å². The average molecular weight is 367 g/mol. The second-order valence-electron chi connectivity index (χ2n) is 5.88. The van der Waals surface area contributed by atoms with Crippen molar-refractivity contribution in [2.24, 2.45) is 0 Å². The maximum atomic E-state index is 13.6. The molecule has 140 valence electrons. The SMILES string of the molecule is CN(CCCOc1cccc(-c2ccccc2)c1C(F)(F)F)CC(=O)O. The number of ether oxygens (including phenoxy) is 1. The molecule has 0 radical (unpaired) electrons. The molecule has 4 nitrogen and oxygen atoms in total. The Labute approximate surface area is 149 Å². The van der Waals surface area contributed by atoms with Gasteiger partial charge in [0.2, 0.25) is 0 Å². The van der Waals surface area contributed by atoms with Gasteiger partial charge in [-0.15, -0.1) is 0 Å². The van der Waals surface area contributed by atoms with E-state index in [1.54, 1.807) is 42.3 Å². The number of carboxylic acids is 1. The molecular weight excluding hydrogens is 347 g/mol. The van der Waals surface area contributed by atoms with Crippen LogP contribution in [0.2, 0.25) is 0 Å². The van der Waals surface area contributed by atoms with E-state index in [0.717, 1.165) is 0 Å². The first kappa shape index (κ1) is 19.8. The van der Waals surface area contributed by atoms with Gasteiger partial charge in [-0.2, -0.15) is 13.2 Å². The van der Waals surface area contributed by atoms with Crippen molar-refractivity contribution < 1.29 is 27.8 Å². The standard InChI is InChI=1S/C19H20F3NO3/c1-23(13-17(24)25)11-6-12-26-16-10-5-9-15(18(16)19(20,21)22)14-7-3-2-4-8-14/h2-5,7-10H,6,11-13H2,1H3,(H,24,25). The lowest BCUT2D eigenvalue weighted by Gasteiger charge is -2.19. The highest BCUT2D eigenvalue weighted by atomic mass is 19.4. The molecule has 0 heterocycles. The van der Waals surface area contributed by atoms with Crippen molar-refractivity contribution in [3.63, 3.8) is 0 Å². The quantitative estimate of drug-likeness (QED) is 0.712. The van der Waals surface area contributed by atoms with Crippen LogP contribution in [0.1, 0.15) is 12.0 Å². The van der Waals surface area contributed by atoms with Crippen molar-refractivity contribution in [2.75, 3.05) is 26.7 Å². The molecule has 0 saturated heterocycles. The number of nitrogens with zero attached hydrogens (tertiary/aromatic N) is 1. The molecule has 2 aromatic carbocycles. The molecule has 0 amide bonds. The van der Waals surface area contributed by atoms with Crippen LogP contribution < -0.4 is 4.74 Å². The molecule has 2 aromatic rings. The minimum Gasteiger partial charge on any atom is -0.493 e. The minimum atomic E-state index is -4.55. The van der Waals surface area contributed by atoms with Crippen LogP contribution in [0.15, 0.2) is 48.5 Å². The van der Waals surface area contributed by atoms with Crippen LogP contribution in [-0.4, -0.2) is 42.7 Å². The number of benzene rings is 2. The van der Waals surface area contributed by atoms with Gasteiger partial charge in [-0.25, -0.2) is 0 Å². The van der Waals surface area contributed by atoms with Gasteiger partial charge in [-0.05, 0) is 30.7 Å². The molecule has 0 atom stereocenters. The summed E-state index contributed by atoms with van der Waals surface area (Å²) in [5, 5.41) is 8.69. The number of carboxylic acid groups (broad SMARTS) is 1. The lowest BCUT2D eigenvalue weighted by atomic mass is 9.98. The number of likely N-dealkylation sites (N-methyl/N-ethyl adjacent to an activating group) is 1. The molecule has 0 aliphatic heterocycles. The minimum absolute atomic E-state index is 0.0608. The van der Waals surface area contributed by atoms with Crippen molar-refractivity contribution in [1.29, 1.82) is 0 Å². The Morgan fingerprint density at radius 3 is 2.42 bits per heavy atom. The Kier molecular flexibility index (Phi) is 6.63. The Bertz CT molecular complexity index is 733. The molecule has 2 rings (SSSR count). The predicted molar refractivity (Wildman–Crippen MR) is 92.1 cm³/mol. The summed E-state index contributed by atoms with van der Waals surface area (Å²) in [5.74, 6) is -1.18. The molecule has 7 heteroatoms. The fraction of sp³-hybridized carbons (Fsp3) is 0.316. The summed E-state index contributed by atoms with van der Waals surface area (Å²) < 4.78 is 46.3. The summed E-state index contributed by atoms with van der Waals surface area (Å²) >= 11 is 0. The maximum absolute atomic E-state index is 13.6. The van der Waals surface area contributed by atoms with E-state index in [1.165, 1.54) is 18.2 Å². The van der Waals surface area contributed by atoms with E-state index < -0.39 is 17.7 Å². The van der Waals surface area contributed by atoms with Crippen LogP contribution in [0.4, 0.5) is 13.2 Å². The van der Waals surface area contributed by atoms with E-state index >= 15 is 0 Å². The van der Waals surface area contributed by atoms with Gasteiger partial charge < -0.3 is 9.84 Å². The van der Waals surface area contributed by atoms with Crippen molar-refractivity contribution in [2.45, 2.75) is 12.6 Å². The highest BCUT2D eigenvalue weighted by Gasteiger charge is 2.37. The second kappa shape index (κ2) is 8.71. The number of hydrogen-bond donors (Lipinski definition) is 1. The number of hydrogen-bond acceptors (Lipinski definition) is 3. The Balaban J connectivity index is 2.15. The van der Waals surface area contributed by atoms with Crippen LogP contribution in [0.25, 0.3) is 11.1 Å². The smallest absolute Gasteiger partial charge is 0.420 e. The van der Waals surface area contributed by atoms with Crippen molar-refractivity contribution >= 4 is 5.97 Å². The van der Waals surface area contributed by atoms with E-state index in [-0.39, 0.29) is 24.5 Å². The van der Waals surface area contributed by atoms with Crippen LogP contribution >= 0.6 is 0 Å². The van der Waals surface area contributed by atoms with Crippen LogP contribution in [0, 0.1) is 0 Å².